The lowest BCUT2D eigenvalue weighted by Gasteiger charge is -2.12. The third kappa shape index (κ3) is 5.23. The van der Waals surface area contributed by atoms with E-state index < -0.39 is 12.0 Å². The van der Waals surface area contributed by atoms with Crippen LogP contribution >= 0.6 is 11.8 Å². The van der Waals surface area contributed by atoms with Crippen LogP contribution in [0.1, 0.15) is 13.8 Å². The highest BCUT2D eigenvalue weighted by atomic mass is 32.2. The molecule has 0 aliphatic heterocycles. The lowest BCUT2D eigenvalue weighted by Crippen LogP contribution is -2.40. The number of ether oxygens (including phenoxy) is 1. The largest absolute Gasteiger partial charge is 0.464 e. The molecule has 1 atom stereocenters. The van der Waals surface area contributed by atoms with Crippen molar-refractivity contribution in [1.29, 1.82) is 0 Å². The maximum atomic E-state index is 11.6. The first-order valence-electron chi connectivity index (χ1n) is 5.77. The maximum absolute atomic E-state index is 11.6. The summed E-state index contributed by atoms with van der Waals surface area (Å²) < 4.78 is 4.81. The van der Waals surface area contributed by atoms with Crippen molar-refractivity contribution < 1.29 is 14.3 Å². The van der Waals surface area contributed by atoms with Gasteiger partial charge in [-0.3, -0.25) is 4.79 Å². The van der Waals surface area contributed by atoms with Gasteiger partial charge < -0.3 is 10.1 Å². The molecule has 0 fully saturated rings. The zero-order valence-electron chi connectivity index (χ0n) is 10.5. The second-order valence-electron chi connectivity index (χ2n) is 3.64. The monoisotopic (exact) mass is 267 g/mol. The summed E-state index contributed by atoms with van der Waals surface area (Å²) in [5, 5.41) is 2.60. The lowest BCUT2D eigenvalue weighted by molar-refractivity contribution is -0.146. The van der Waals surface area contributed by atoms with E-state index in [1.807, 2.05) is 30.3 Å². The van der Waals surface area contributed by atoms with Crippen molar-refractivity contribution in [2.45, 2.75) is 24.8 Å². The molecule has 0 radical (unpaired) electrons. The number of nitrogens with one attached hydrogen (secondary N) is 1. The minimum atomic E-state index is -0.603. The van der Waals surface area contributed by atoms with Crippen LogP contribution in [0.25, 0.3) is 0 Å². The highest BCUT2D eigenvalue weighted by molar-refractivity contribution is 8.00. The quantitative estimate of drug-likeness (QED) is 0.631. The molecule has 1 amide bonds. The van der Waals surface area contributed by atoms with Crippen molar-refractivity contribution in [2.75, 3.05) is 12.4 Å². The molecule has 1 aromatic rings. The molecule has 0 aliphatic carbocycles. The molecule has 1 N–H and O–H groups in total. The van der Waals surface area contributed by atoms with Gasteiger partial charge in [0.25, 0.3) is 0 Å². The number of carbonyl (C=O) groups excluding carboxylic acids is 2. The lowest BCUT2D eigenvalue weighted by atomic mass is 10.3. The van der Waals surface area contributed by atoms with Crippen LogP contribution in [0.5, 0.6) is 0 Å². The normalized spacial score (nSPS) is 11.7. The fourth-order valence-electron chi connectivity index (χ4n) is 1.27. The highest BCUT2D eigenvalue weighted by Gasteiger charge is 2.16. The number of esters is 1. The predicted molar refractivity (Wildman–Crippen MR) is 71.4 cm³/mol. The van der Waals surface area contributed by atoms with Crippen LogP contribution in [-0.2, 0) is 14.3 Å². The minimum absolute atomic E-state index is 0.176. The molecule has 0 bridgehead atoms. The molecule has 98 valence electrons. The number of amides is 1. The topological polar surface area (TPSA) is 55.4 Å². The summed E-state index contributed by atoms with van der Waals surface area (Å²) in [5.41, 5.74) is 0. The molecule has 1 unspecified atom stereocenters. The van der Waals surface area contributed by atoms with Crippen molar-refractivity contribution in [3.8, 4) is 0 Å². The van der Waals surface area contributed by atoms with E-state index in [2.05, 4.69) is 5.32 Å². The Bertz CT molecular complexity index is 394. The molecule has 0 spiro atoms. The van der Waals surface area contributed by atoms with E-state index >= 15 is 0 Å². The van der Waals surface area contributed by atoms with Crippen molar-refractivity contribution in [2.24, 2.45) is 0 Å². The zero-order chi connectivity index (χ0) is 13.4. The SMILES string of the molecule is CCOC(=O)C(C)NC(=O)CSc1ccccc1. The smallest absolute Gasteiger partial charge is 0.328 e. The Morgan fingerprint density at radius 3 is 2.61 bits per heavy atom. The van der Waals surface area contributed by atoms with Gasteiger partial charge in [-0.05, 0) is 26.0 Å². The van der Waals surface area contributed by atoms with Crippen molar-refractivity contribution >= 4 is 23.6 Å². The second kappa shape index (κ2) is 7.76. The summed E-state index contributed by atoms with van der Waals surface area (Å²) in [6, 6.07) is 9.03. The number of hydrogen-bond acceptors (Lipinski definition) is 4. The Morgan fingerprint density at radius 2 is 2.00 bits per heavy atom. The van der Waals surface area contributed by atoms with Gasteiger partial charge in [-0.1, -0.05) is 18.2 Å². The first-order chi connectivity index (χ1) is 8.63. The van der Waals surface area contributed by atoms with E-state index in [4.69, 9.17) is 4.74 Å². The van der Waals surface area contributed by atoms with Gasteiger partial charge in [0.05, 0.1) is 12.4 Å². The fraction of sp³-hybridized carbons (Fsp3) is 0.385. The molecule has 1 rings (SSSR count). The van der Waals surface area contributed by atoms with Crippen LogP contribution in [0.3, 0.4) is 0 Å². The standard InChI is InChI=1S/C13H17NO3S/c1-3-17-13(16)10(2)14-12(15)9-18-11-7-5-4-6-8-11/h4-8,10H,3,9H2,1-2H3,(H,14,15). The average molecular weight is 267 g/mol. The van der Waals surface area contributed by atoms with Crippen molar-refractivity contribution in [1.82, 2.24) is 5.32 Å². The third-order valence-electron chi connectivity index (χ3n) is 2.13. The molecule has 4 nitrogen and oxygen atoms in total. The summed E-state index contributed by atoms with van der Waals surface area (Å²) in [5.74, 6) is -0.298. The number of hydrogen-bond donors (Lipinski definition) is 1. The number of rotatable bonds is 6. The molecule has 0 aliphatic rings. The summed E-state index contributed by atoms with van der Waals surface area (Å²) in [6.45, 7) is 3.67. The molecular weight excluding hydrogens is 250 g/mol. The van der Waals surface area contributed by atoms with E-state index in [1.54, 1.807) is 13.8 Å². The van der Waals surface area contributed by atoms with E-state index in [1.165, 1.54) is 11.8 Å². The second-order valence-corrected chi connectivity index (χ2v) is 4.69. The van der Waals surface area contributed by atoms with E-state index in [0.29, 0.717) is 6.61 Å². The summed E-state index contributed by atoms with van der Waals surface area (Å²) >= 11 is 1.43. The molecule has 0 aromatic heterocycles. The van der Waals surface area contributed by atoms with Gasteiger partial charge >= 0.3 is 5.97 Å². The highest BCUT2D eigenvalue weighted by Crippen LogP contribution is 2.16. The molecule has 18 heavy (non-hydrogen) atoms. The van der Waals surface area contributed by atoms with Gasteiger partial charge in [0.1, 0.15) is 6.04 Å². The summed E-state index contributed by atoms with van der Waals surface area (Å²) in [7, 11) is 0. The first-order valence-corrected chi connectivity index (χ1v) is 6.76. The number of thioether (sulfide) groups is 1. The van der Waals surface area contributed by atoms with Gasteiger partial charge in [-0.15, -0.1) is 11.8 Å². The van der Waals surface area contributed by atoms with Crippen LogP contribution in [-0.4, -0.2) is 30.3 Å². The molecule has 0 heterocycles. The fourth-order valence-corrected chi connectivity index (χ4v) is 2.01. The average Bonchev–Trinajstić information content (AvgIpc) is 2.38. The van der Waals surface area contributed by atoms with Crippen molar-refractivity contribution in [3.05, 3.63) is 30.3 Å². The molecule has 5 heteroatoms. The van der Waals surface area contributed by atoms with Crippen LogP contribution in [0.2, 0.25) is 0 Å². The van der Waals surface area contributed by atoms with E-state index in [9.17, 15) is 9.59 Å². The molecular formula is C13H17NO3S. The van der Waals surface area contributed by atoms with E-state index in [-0.39, 0.29) is 11.7 Å². The van der Waals surface area contributed by atoms with E-state index in [0.717, 1.165) is 4.90 Å². The number of carbonyl (C=O) groups is 2. The Labute approximate surface area is 111 Å². The van der Waals surface area contributed by atoms with Gasteiger partial charge in [0.2, 0.25) is 5.91 Å². The maximum Gasteiger partial charge on any atom is 0.328 e. The molecule has 0 saturated heterocycles. The van der Waals surface area contributed by atoms with Crippen molar-refractivity contribution in [3.63, 3.8) is 0 Å². The van der Waals surface area contributed by atoms with Crippen LogP contribution in [0.4, 0.5) is 0 Å². The predicted octanol–water partition coefficient (Wildman–Crippen LogP) is 1.85. The Balaban J connectivity index is 2.31. The van der Waals surface area contributed by atoms with Gasteiger partial charge in [0.15, 0.2) is 0 Å². The first kappa shape index (κ1) is 14.6. The molecule has 1 aromatic carbocycles. The van der Waals surface area contributed by atoms with Crippen LogP contribution in [0.15, 0.2) is 35.2 Å². The molecule has 0 saturated carbocycles. The van der Waals surface area contributed by atoms with Gasteiger partial charge in [0, 0.05) is 4.90 Å². The third-order valence-corrected chi connectivity index (χ3v) is 3.14. The van der Waals surface area contributed by atoms with Crippen LogP contribution in [0, 0.1) is 0 Å². The minimum Gasteiger partial charge on any atom is -0.464 e. The van der Waals surface area contributed by atoms with Crippen LogP contribution < -0.4 is 5.32 Å². The summed E-state index contributed by atoms with van der Waals surface area (Å²) in [4.78, 5) is 23.9. The van der Waals surface area contributed by atoms with Gasteiger partial charge in [-0.2, -0.15) is 0 Å². The Hall–Kier alpha value is -1.49. The Morgan fingerprint density at radius 1 is 1.33 bits per heavy atom. The van der Waals surface area contributed by atoms with Gasteiger partial charge in [-0.25, -0.2) is 4.79 Å². The summed E-state index contributed by atoms with van der Waals surface area (Å²) in [6.07, 6.45) is 0. The zero-order valence-corrected chi connectivity index (χ0v) is 11.3. The Kier molecular flexibility index (Phi) is 6.28. The number of benzene rings is 1.